The van der Waals surface area contributed by atoms with Crippen molar-refractivity contribution in [2.75, 3.05) is 25.7 Å². The molecule has 6 heteroatoms. The van der Waals surface area contributed by atoms with Crippen molar-refractivity contribution in [2.45, 2.75) is 31.7 Å². The van der Waals surface area contributed by atoms with Crippen LogP contribution in [0, 0.1) is 5.92 Å². The van der Waals surface area contributed by atoms with Gasteiger partial charge in [0.15, 0.2) is 0 Å². The summed E-state index contributed by atoms with van der Waals surface area (Å²) in [7, 11) is -1.47. The van der Waals surface area contributed by atoms with E-state index in [4.69, 9.17) is 4.74 Å². The van der Waals surface area contributed by atoms with Crippen molar-refractivity contribution in [2.24, 2.45) is 5.92 Å². The number of carbonyl (C=O) groups is 1. The van der Waals surface area contributed by atoms with E-state index in [0.717, 1.165) is 25.7 Å². The van der Waals surface area contributed by atoms with Gasteiger partial charge in [0.1, 0.15) is 9.84 Å². The maximum Gasteiger partial charge on any atom is 0.308 e. The average Bonchev–Trinajstić information content (AvgIpc) is 2.27. The molecule has 17 heavy (non-hydrogen) atoms. The van der Waals surface area contributed by atoms with Crippen molar-refractivity contribution in [3.8, 4) is 0 Å². The molecule has 0 heterocycles. The predicted molar refractivity (Wildman–Crippen MR) is 65.5 cm³/mol. The molecular formula is C11H21NO4S. The molecule has 1 fully saturated rings. The molecule has 0 aromatic carbocycles. The Bertz CT molecular complexity index is 344. The molecule has 1 aliphatic carbocycles. The summed E-state index contributed by atoms with van der Waals surface area (Å²) in [5.74, 6) is 0.0664. The summed E-state index contributed by atoms with van der Waals surface area (Å²) < 4.78 is 26.6. The van der Waals surface area contributed by atoms with Gasteiger partial charge >= 0.3 is 5.97 Å². The van der Waals surface area contributed by atoms with E-state index in [-0.39, 0.29) is 17.6 Å². The molecule has 1 N–H and O–H groups in total. The van der Waals surface area contributed by atoms with Crippen molar-refractivity contribution in [1.82, 2.24) is 5.32 Å². The molecule has 5 nitrogen and oxygen atoms in total. The van der Waals surface area contributed by atoms with E-state index in [2.05, 4.69) is 5.32 Å². The molecule has 1 aliphatic rings. The van der Waals surface area contributed by atoms with Crippen LogP contribution in [-0.2, 0) is 19.4 Å². The molecular weight excluding hydrogens is 242 g/mol. The number of sulfone groups is 1. The van der Waals surface area contributed by atoms with Gasteiger partial charge in [-0.1, -0.05) is 0 Å². The summed E-state index contributed by atoms with van der Waals surface area (Å²) in [5.41, 5.74) is 0. The van der Waals surface area contributed by atoms with E-state index in [1.807, 2.05) is 0 Å². The van der Waals surface area contributed by atoms with Crippen molar-refractivity contribution in [3.05, 3.63) is 0 Å². The van der Waals surface area contributed by atoms with E-state index in [1.165, 1.54) is 13.4 Å². The summed E-state index contributed by atoms with van der Waals surface area (Å²) in [6.45, 7) is 0.492. The maximum atomic E-state index is 11.3. The standard InChI is InChI=1S/C11H21NO4S/c1-16-11(13)9-3-5-10(6-4-9)12-7-8-17(2,14)15/h9-10,12H,3-8H2,1-2H3. The monoisotopic (exact) mass is 263 g/mol. The highest BCUT2D eigenvalue weighted by molar-refractivity contribution is 7.90. The Labute approximate surface area is 103 Å². The third-order valence-electron chi connectivity index (χ3n) is 3.17. The first-order valence-corrected chi connectivity index (χ1v) is 7.97. The second-order valence-corrected chi connectivity index (χ2v) is 6.92. The van der Waals surface area contributed by atoms with E-state index < -0.39 is 9.84 Å². The van der Waals surface area contributed by atoms with Crippen molar-refractivity contribution < 1.29 is 17.9 Å². The van der Waals surface area contributed by atoms with E-state index in [0.29, 0.717) is 12.6 Å². The SMILES string of the molecule is COC(=O)C1CCC(NCCS(C)(=O)=O)CC1. The number of nitrogens with one attached hydrogen (secondary N) is 1. The smallest absolute Gasteiger partial charge is 0.308 e. The third kappa shape index (κ3) is 5.50. The normalized spacial score (nSPS) is 25.5. The van der Waals surface area contributed by atoms with Crippen molar-refractivity contribution in [1.29, 1.82) is 0 Å². The number of carbonyl (C=O) groups excluding carboxylic acids is 1. The molecule has 0 aromatic rings. The first-order chi connectivity index (χ1) is 7.92. The molecule has 0 bridgehead atoms. The molecule has 100 valence electrons. The minimum absolute atomic E-state index is 0.0213. The van der Waals surface area contributed by atoms with Gasteiger partial charge in [0, 0.05) is 18.8 Å². The Hall–Kier alpha value is -0.620. The average molecular weight is 263 g/mol. The van der Waals surface area contributed by atoms with Crippen LogP contribution in [-0.4, -0.2) is 46.1 Å². The quantitative estimate of drug-likeness (QED) is 0.725. The minimum Gasteiger partial charge on any atom is -0.469 e. The molecule has 0 spiro atoms. The zero-order valence-electron chi connectivity index (χ0n) is 10.4. The molecule has 0 radical (unpaired) electrons. The van der Waals surface area contributed by atoms with Gasteiger partial charge in [0.05, 0.1) is 18.8 Å². The number of hydrogen-bond donors (Lipinski definition) is 1. The molecule has 0 amide bonds. The lowest BCUT2D eigenvalue weighted by molar-refractivity contribution is -0.146. The topological polar surface area (TPSA) is 72.5 Å². The van der Waals surface area contributed by atoms with Crippen molar-refractivity contribution >= 4 is 15.8 Å². The number of methoxy groups -OCH3 is 1. The van der Waals surface area contributed by atoms with Crippen LogP contribution in [0.5, 0.6) is 0 Å². The zero-order chi connectivity index (χ0) is 12.9. The van der Waals surface area contributed by atoms with Crippen LogP contribution in [0.15, 0.2) is 0 Å². The fourth-order valence-corrected chi connectivity index (χ4v) is 2.64. The number of hydrogen-bond acceptors (Lipinski definition) is 5. The zero-order valence-corrected chi connectivity index (χ0v) is 11.3. The van der Waals surface area contributed by atoms with Crippen LogP contribution < -0.4 is 5.32 Å². The first kappa shape index (κ1) is 14.4. The number of ether oxygens (including phenoxy) is 1. The van der Waals surface area contributed by atoms with E-state index >= 15 is 0 Å². The van der Waals surface area contributed by atoms with Crippen LogP contribution >= 0.6 is 0 Å². The fraction of sp³-hybridized carbons (Fsp3) is 0.909. The lowest BCUT2D eigenvalue weighted by Crippen LogP contribution is -2.37. The highest BCUT2D eigenvalue weighted by Crippen LogP contribution is 2.25. The molecule has 1 rings (SSSR count). The third-order valence-corrected chi connectivity index (χ3v) is 4.11. The second-order valence-electron chi connectivity index (χ2n) is 4.66. The summed E-state index contributed by atoms with van der Waals surface area (Å²) in [5, 5.41) is 3.22. The predicted octanol–water partition coefficient (Wildman–Crippen LogP) is 0.352. The Kier molecular flexibility index (Phi) is 5.39. The van der Waals surface area contributed by atoms with Gasteiger partial charge < -0.3 is 10.1 Å². The van der Waals surface area contributed by atoms with Crippen LogP contribution in [0.25, 0.3) is 0 Å². The second kappa shape index (κ2) is 6.35. The van der Waals surface area contributed by atoms with Crippen LogP contribution in [0.4, 0.5) is 0 Å². The lowest BCUT2D eigenvalue weighted by Gasteiger charge is -2.27. The van der Waals surface area contributed by atoms with Gasteiger partial charge in [0.25, 0.3) is 0 Å². The van der Waals surface area contributed by atoms with Gasteiger partial charge in [-0.2, -0.15) is 0 Å². The molecule has 0 saturated heterocycles. The largest absolute Gasteiger partial charge is 0.469 e. The van der Waals surface area contributed by atoms with Gasteiger partial charge in [-0.25, -0.2) is 8.42 Å². The summed E-state index contributed by atoms with van der Waals surface area (Å²) in [4.78, 5) is 11.3. The van der Waals surface area contributed by atoms with E-state index in [9.17, 15) is 13.2 Å². The van der Waals surface area contributed by atoms with Crippen LogP contribution in [0.3, 0.4) is 0 Å². The van der Waals surface area contributed by atoms with E-state index in [1.54, 1.807) is 0 Å². The Morgan fingerprint density at radius 1 is 1.29 bits per heavy atom. The Morgan fingerprint density at radius 3 is 2.35 bits per heavy atom. The van der Waals surface area contributed by atoms with Crippen molar-refractivity contribution in [3.63, 3.8) is 0 Å². The van der Waals surface area contributed by atoms with Gasteiger partial charge in [-0.05, 0) is 25.7 Å². The van der Waals surface area contributed by atoms with Gasteiger partial charge in [0.2, 0.25) is 0 Å². The van der Waals surface area contributed by atoms with Crippen LogP contribution in [0.1, 0.15) is 25.7 Å². The number of esters is 1. The van der Waals surface area contributed by atoms with Gasteiger partial charge in [-0.15, -0.1) is 0 Å². The molecule has 0 unspecified atom stereocenters. The maximum absolute atomic E-state index is 11.3. The Balaban J connectivity index is 2.21. The highest BCUT2D eigenvalue weighted by Gasteiger charge is 2.26. The highest BCUT2D eigenvalue weighted by atomic mass is 32.2. The fourth-order valence-electron chi connectivity index (χ4n) is 2.15. The first-order valence-electron chi connectivity index (χ1n) is 5.91. The lowest BCUT2D eigenvalue weighted by atomic mass is 9.86. The summed E-state index contributed by atoms with van der Waals surface area (Å²) in [6, 6.07) is 0.331. The summed E-state index contributed by atoms with van der Waals surface area (Å²) in [6.07, 6.45) is 4.70. The number of rotatable bonds is 5. The Morgan fingerprint density at radius 2 is 1.88 bits per heavy atom. The van der Waals surface area contributed by atoms with Crippen LogP contribution in [0.2, 0.25) is 0 Å². The minimum atomic E-state index is -2.89. The van der Waals surface area contributed by atoms with Gasteiger partial charge in [-0.3, -0.25) is 4.79 Å². The summed E-state index contributed by atoms with van der Waals surface area (Å²) >= 11 is 0. The molecule has 0 aliphatic heterocycles. The molecule has 0 atom stereocenters. The molecule has 0 aromatic heterocycles. The molecule has 1 saturated carbocycles.